The molecule has 0 atom stereocenters. The SMILES string of the molecule is COCCSc1nc(C)cc(C#N)n1. The Morgan fingerprint density at radius 3 is 3.00 bits per heavy atom. The maximum Gasteiger partial charge on any atom is 0.189 e. The first-order chi connectivity index (χ1) is 6.76. The van der Waals surface area contributed by atoms with Crippen molar-refractivity contribution in [2.45, 2.75) is 12.1 Å². The maximum absolute atomic E-state index is 8.68. The molecule has 0 N–H and O–H groups in total. The van der Waals surface area contributed by atoms with Crippen LogP contribution in [0.25, 0.3) is 0 Å². The van der Waals surface area contributed by atoms with Crippen molar-refractivity contribution in [3.05, 3.63) is 17.5 Å². The molecule has 74 valence electrons. The van der Waals surface area contributed by atoms with Crippen molar-refractivity contribution in [3.8, 4) is 6.07 Å². The number of hydrogen-bond acceptors (Lipinski definition) is 5. The molecule has 0 fully saturated rings. The predicted octanol–water partition coefficient (Wildman–Crippen LogP) is 1.40. The van der Waals surface area contributed by atoms with Gasteiger partial charge in [0.2, 0.25) is 0 Å². The number of thioether (sulfide) groups is 1. The van der Waals surface area contributed by atoms with Crippen LogP contribution in [0.15, 0.2) is 11.2 Å². The minimum absolute atomic E-state index is 0.414. The number of rotatable bonds is 4. The summed E-state index contributed by atoms with van der Waals surface area (Å²) in [4.78, 5) is 8.26. The standard InChI is InChI=1S/C9H11N3OS/c1-7-5-8(6-10)12-9(11-7)14-4-3-13-2/h5H,3-4H2,1-2H3. The average molecular weight is 209 g/mol. The Kier molecular flexibility index (Phi) is 4.36. The van der Waals surface area contributed by atoms with Gasteiger partial charge in [-0.25, -0.2) is 9.97 Å². The monoisotopic (exact) mass is 209 g/mol. The van der Waals surface area contributed by atoms with Gasteiger partial charge in [-0.1, -0.05) is 11.8 Å². The molecule has 0 spiro atoms. The molecule has 1 aromatic heterocycles. The van der Waals surface area contributed by atoms with Crippen molar-refractivity contribution >= 4 is 11.8 Å². The van der Waals surface area contributed by atoms with E-state index in [0.29, 0.717) is 17.5 Å². The fraction of sp³-hybridized carbons (Fsp3) is 0.444. The number of aromatic nitrogens is 2. The molecule has 1 rings (SSSR count). The molecule has 4 nitrogen and oxygen atoms in total. The summed E-state index contributed by atoms with van der Waals surface area (Å²) in [5.41, 5.74) is 1.23. The van der Waals surface area contributed by atoms with Gasteiger partial charge in [-0.2, -0.15) is 5.26 Å². The zero-order valence-electron chi connectivity index (χ0n) is 8.15. The molecule has 1 aromatic rings. The highest BCUT2D eigenvalue weighted by molar-refractivity contribution is 7.99. The Labute approximate surface area is 87.3 Å². The fourth-order valence-corrected chi connectivity index (χ4v) is 1.68. The van der Waals surface area contributed by atoms with Crippen LogP contribution in [-0.4, -0.2) is 29.4 Å². The van der Waals surface area contributed by atoms with Gasteiger partial charge < -0.3 is 4.74 Å². The summed E-state index contributed by atoms with van der Waals surface area (Å²) in [7, 11) is 1.65. The van der Waals surface area contributed by atoms with Crippen molar-refractivity contribution < 1.29 is 4.74 Å². The number of hydrogen-bond donors (Lipinski definition) is 0. The zero-order valence-corrected chi connectivity index (χ0v) is 8.97. The Bertz CT molecular complexity index is 348. The van der Waals surface area contributed by atoms with E-state index in [2.05, 4.69) is 9.97 Å². The summed E-state index contributed by atoms with van der Waals surface area (Å²) in [6, 6.07) is 3.67. The Morgan fingerprint density at radius 1 is 1.57 bits per heavy atom. The van der Waals surface area contributed by atoms with Gasteiger partial charge in [-0.15, -0.1) is 0 Å². The van der Waals surface area contributed by atoms with E-state index in [0.717, 1.165) is 11.4 Å². The van der Waals surface area contributed by atoms with Crippen LogP contribution < -0.4 is 0 Å². The average Bonchev–Trinajstić information content (AvgIpc) is 2.17. The van der Waals surface area contributed by atoms with Crippen LogP contribution in [0.2, 0.25) is 0 Å². The first-order valence-corrected chi connectivity index (χ1v) is 5.12. The second-order valence-corrected chi connectivity index (χ2v) is 3.69. The van der Waals surface area contributed by atoms with Crippen LogP contribution >= 0.6 is 11.8 Å². The Balaban J connectivity index is 2.68. The lowest BCUT2D eigenvalue weighted by Gasteiger charge is -2.00. The lowest BCUT2D eigenvalue weighted by Crippen LogP contribution is -1.97. The lowest BCUT2D eigenvalue weighted by molar-refractivity contribution is 0.218. The maximum atomic E-state index is 8.68. The predicted molar refractivity (Wildman–Crippen MR) is 54.1 cm³/mol. The molecular weight excluding hydrogens is 198 g/mol. The van der Waals surface area contributed by atoms with Crippen molar-refractivity contribution in [1.29, 1.82) is 5.26 Å². The van der Waals surface area contributed by atoms with E-state index in [1.54, 1.807) is 13.2 Å². The van der Waals surface area contributed by atoms with E-state index in [-0.39, 0.29) is 0 Å². The second-order valence-electron chi connectivity index (χ2n) is 2.63. The molecule has 0 amide bonds. The zero-order chi connectivity index (χ0) is 10.4. The lowest BCUT2D eigenvalue weighted by atomic mass is 10.4. The van der Waals surface area contributed by atoms with Gasteiger partial charge >= 0.3 is 0 Å². The van der Waals surface area contributed by atoms with Gasteiger partial charge in [0.05, 0.1) is 6.61 Å². The van der Waals surface area contributed by atoms with E-state index < -0.39 is 0 Å². The Hall–Kier alpha value is -1.12. The third-order valence-corrected chi connectivity index (χ3v) is 2.28. The van der Waals surface area contributed by atoms with Crippen LogP contribution in [0.1, 0.15) is 11.4 Å². The first kappa shape index (κ1) is 11.0. The van der Waals surface area contributed by atoms with Crippen molar-refractivity contribution in [1.82, 2.24) is 9.97 Å². The summed E-state index contributed by atoms with van der Waals surface area (Å²) < 4.78 is 4.91. The summed E-state index contributed by atoms with van der Waals surface area (Å²) >= 11 is 1.49. The van der Waals surface area contributed by atoms with Gasteiger partial charge in [0.1, 0.15) is 11.8 Å². The molecular formula is C9H11N3OS. The van der Waals surface area contributed by atoms with Crippen LogP contribution in [0, 0.1) is 18.3 Å². The third-order valence-electron chi connectivity index (χ3n) is 1.47. The number of methoxy groups -OCH3 is 1. The quantitative estimate of drug-likeness (QED) is 0.426. The minimum atomic E-state index is 0.414. The van der Waals surface area contributed by atoms with Crippen LogP contribution in [0.4, 0.5) is 0 Å². The summed E-state index contributed by atoms with van der Waals surface area (Å²) in [5.74, 6) is 0.796. The molecule has 1 heterocycles. The van der Waals surface area contributed by atoms with Gasteiger partial charge in [-0.05, 0) is 13.0 Å². The fourth-order valence-electron chi connectivity index (χ4n) is 0.879. The van der Waals surface area contributed by atoms with Crippen LogP contribution in [0.3, 0.4) is 0 Å². The van der Waals surface area contributed by atoms with E-state index >= 15 is 0 Å². The third kappa shape index (κ3) is 3.32. The highest BCUT2D eigenvalue weighted by Crippen LogP contribution is 2.13. The molecule has 0 aromatic carbocycles. The van der Waals surface area contributed by atoms with Gasteiger partial charge in [0.25, 0.3) is 0 Å². The molecule has 0 aliphatic heterocycles. The number of aryl methyl sites for hydroxylation is 1. The highest BCUT2D eigenvalue weighted by atomic mass is 32.2. The summed E-state index contributed by atoms with van der Waals surface area (Å²) in [6.45, 7) is 2.51. The summed E-state index contributed by atoms with van der Waals surface area (Å²) in [5, 5.41) is 9.32. The largest absolute Gasteiger partial charge is 0.384 e. The molecule has 0 saturated heterocycles. The molecule has 0 unspecified atom stereocenters. The van der Waals surface area contributed by atoms with Gasteiger partial charge in [0.15, 0.2) is 5.16 Å². The molecule has 5 heteroatoms. The second kappa shape index (κ2) is 5.58. The number of nitriles is 1. The summed E-state index contributed by atoms with van der Waals surface area (Å²) in [6.07, 6.45) is 0. The number of ether oxygens (including phenoxy) is 1. The topological polar surface area (TPSA) is 58.8 Å². The first-order valence-electron chi connectivity index (χ1n) is 4.14. The molecule has 0 bridgehead atoms. The van der Waals surface area contributed by atoms with Crippen LogP contribution in [0.5, 0.6) is 0 Å². The van der Waals surface area contributed by atoms with Crippen LogP contribution in [-0.2, 0) is 4.74 Å². The van der Waals surface area contributed by atoms with Gasteiger partial charge in [-0.3, -0.25) is 0 Å². The van der Waals surface area contributed by atoms with Crippen molar-refractivity contribution in [2.75, 3.05) is 19.5 Å². The molecule has 0 aliphatic carbocycles. The number of nitrogens with zero attached hydrogens (tertiary/aromatic N) is 3. The molecule has 14 heavy (non-hydrogen) atoms. The van der Waals surface area contributed by atoms with E-state index in [9.17, 15) is 0 Å². The smallest absolute Gasteiger partial charge is 0.189 e. The Morgan fingerprint density at radius 2 is 2.36 bits per heavy atom. The van der Waals surface area contributed by atoms with Crippen molar-refractivity contribution in [2.24, 2.45) is 0 Å². The molecule has 0 radical (unpaired) electrons. The highest BCUT2D eigenvalue weighted by Gasteiger charge is 2.01. The minimum Gasteiger partial charge on any atom is -0.384 e. The molecule has 0 saturated carbocycles. The van der Waals surface area contributed by atoms with E-state index in [1.165, 1.54) is 11.8 Å². The van der Waals surface area contributed by atoms with E-state index in [4.69, 9.17) is 10.00 Å². The van der Waals surface area contributed by atoms with Gasteiger partial charge in [0, 0.05) is 18.6 Å². The van der Waals surface area contributed by atoms with Crippen molar-refractivity contribution in [3.63, 3.8) is 0 Å². The van der Waals surface area contributed by atoms with E-state index in [1.807, 2.05) is 13.0 Å². The normalized spacial score (nSPS) is 9.79. The molecule has 0 aliphatic rings.